The van der Waals surface area contributed by atoms with Gasteiger partial charge in [-0.15, -0.1) is 0 Å². The molecular weight excluding hydrogens is 550 g/mol. The number of fused-ring (bicyclic) bond motifs is 1. The highest BCUT2D eigenvalue weighted by Gasteiger charge is 2.36. The summed E-state index contributed by atoms with van der Waals surface area (Å²) >= 11 is 0.815. The lowest BCUT2D eigenvalue weighted by Crippen LogP contribution is -2.36. The second-order valence-corrected chi connectivity index (χ2v) is 11.0. The maximum absolute atomic E-state index is 13.1. The van der Waals surface area contributed by atoms with Gasteiger partial charge >= 0.3 is 0 Å². The van der Waals surface area contributed by atoms with Crippen LogP contribution in [-0.4, -0.2) is 54.8 Å². The smallest absolute Gasteiger partial charge is 0.294 e. The van der Waals surface area contributed by atoms with Gasteiger partial charge in [-0.2, -0.15) is 0 Å². The van der Waals surface area contributed by atoms with E-state index in [9.17, 15) is 14.4 Å². The van der Waals surface area contributed by atoms with Gasteiger partial charge < -0.3 is 19.7 Å². The summed E-state index contributed by atoms with van der Waals surface area (Å²) in [6.07, 6.45) is 1.64. The number of nitrogens with zero attached hydrogens (tertiary/aromatic N) is 2. The van der Waals surface area contributed by atoms with Crippen molar-refractivity contribution in [2.75, 3.05) is 43.1 Å². The molecule has 0 unspecified atom stereocenters. The minimum Gasteiger partial charge on any atom is -0.488 e. The first-order valence-electron chi connectivity index (χ1n) is 13.7. The molecule has 2 aliphatic rings. The van der Waals surface area contributed by atoms with E-state index in [1.165, 1.54) is 0 Å². The van der Waals surface area contributed by atoms with Crippen molar-refractivity contribution in [3.63, 3.8) is 0 Å². The van der Waals surface area contributed by atoms with Crippen LogP contribution in [0.15, 0.2) is 95.9 Å². The zero-order valence-corrected chi connectivity index (χ0v) is 23.6. The van der Waals surface area contributed by atoms with Crippen LogP contribution >= 0.6 is 11.8 Å². The van der Waals surface area contributed by atoms with Gasteiger partial charge in [0.2, 0.25) is 5.91 Å². The molecule has 3 amide bonds. The Hall–Kier alpha value is -4.60. The van der Waals surface area contributed by atoms with Gasteiger partial charge in [-0.1, -0.05) is 54.6 Å². The molecule has 6 rings (SSSR count). The van der Waals surface area contributed by atoms with Crippen molar-refractivity contribution < 1.29 is 23.9 Å². The predicted molar refractivity (Wildman–Crippen MR) is 166 cm³/mol. The minimum absolute atomic E-state index is 0.240. The van der Waals surface area contributed by atoms with Gasteiger partial charge in [0.25, 0.3) is 11.1 Å². The number of carbonyl (C=O) groups is 3. The summed E-state index contributed by atoms with van der Waals surface area (Å²) in [7, 11) is 0. The molecule has 8 nitrogen and oxygen atoms in total. The van der Waals surface area contributed by atoms with Crippen molar-refractivity contribution >= 4 is 57.0 Å². The summed E-state index contributed by atoms with van der Waals surface area (Å²) in [5, 5.41) is 4.59. The molecule has 9 heteroatoms. The second kappa shape index (κ2) is 12.5. The number of anilines is 2. The monoisotopic (exact) mass is 579 g/mol. The Balaban J connectivity index is 1.09. The number of amides is 3. The second-order valence-electron chi connectivity index (χ2n) is 9.97. The number of hydrogen-bond donors (Lipinski definition) is 1. The molecule has 2 aliphatic heterocycles. The van der Waals surface area contributed by atoms with Gasteiger partial charge in [0.15, 0.2) is 0 Å². The van der Waals surface area contributed by atoms with Crippen LogP contribution in [0, 0.1) is 0 Å². The summed E-state index contributed by atoms with van der Waals surface area (Å²) < 4.78 is 11.5. The maximum Gasteiger partial charge on any atom is 0.294 e. The number of rotatable bonds is 8. The van der Waals surface area contributed by atoms with E-state index in [2.05, 4.69) is 34.5 Å². The normalized spacial score (nSPS) is 16.3. The average Bonchev–Trinajstić information content (AvgIpc) is 3.28. The molecule has 4 aromatic carbocycles. The Labute approximate surface area is 247 Å². The zero-order chi connectivity index (χ0) is 28.9. The van der Waals surface area contributed by atoms with Crippen LogP contribution in [0.5, 0.6) is 5.75 Å². The summed E-state index contributed by atoms with van der Waals surface area (Å²) in [5.74, 6) is -0.361. The van der Waals surface area contributed by atoms with E-state index in [1.54, 1.807) is 6.08 Å². The van der Waals surface area contributed by atoms with Gasteiger partial charge in [-0.05, 0) is 70.6 Å². The van der Waals surface area contributed by atoms with Crippen molar-refractivity contribution in [2.24, 2.45) is 0 Å². The number of thioether (sulfide) groups is 1. The zero-order valence-electron chi connectivity index (χ0n) is 22.8. The molecule has 212 valence electrons. The third-order valence-electron chi connectivity index (χ3n) is 7.12. The molecule has 0 bridgehead atoms. The Kier molecular flexibility index (Phi) is 8.21. The fourth-order valence-corrected chi connectivity index (χ4v) is 5.75. The van der Waals surface area contributed by atoms with Gasteiger partial charge in [0.05, 0.1) is 18.1 Å². The number of morpholine rings is 1. The Morgan fingerprint density at radius 3 is 2.45 bits per heavy atom. The van der Waals surface area contributed by atoms with E-state index in [-0.39, 0.29) is 11.4 Å². The molecule has 1 N–H and O–H groups in total. The third kappa shape index (κ3) is 6.32. The maximum atomic E-state index is 13.1. The minimum atomic E-state index is -0.507. The first-order valence-corrected chi connectivity index (χ1v) is 14.5. The van der Waals surface area contributed by atoms with E-state index in [1.807, 2.05) is 66.7 Å². The summed E-state index contributed by atoms with van der Waals surface area (Å²) in [6.45, 7) is 3.00. The fourth-order valence-electron chi connectivity index (χ4n) is 4.92. The molecule has 2 heterocycles. The van der Waals surface area contributed by atoms with Gasteiger partial charge in [-0.3, -0.25) is 19.3 Å². The SMILES string of the molecule is O=C(CN1C(=O)S/C(=C\c2ccccc2OCc2ccc3ccccc3c2)C1=O)Nc1ccc(N2CCOCC2)cc1. The van der Waals surface area contributed by atoms with Gasteiger partial charge in [0.1, 0.15) is 18.9 Å². The van der Waals surface area contributed by atoms with Gasteiger partial charge in [-0.25, -0.2) is 0 Å². The van der Waals surface area contributed by atoms with Crippen LogP contribution in [0.1, 0.15) is 11.1 Å². The van der Waals surface area contributed by atoms with Crippen LogP contribution < -0.4 is 15.0 Å². The van der Waals surface area contributed by atoms with Crippen LogP contribution in [0.4, 0.5) is 16.2 Å². The summed E-state index contributed by atoms with van der Waals surface area (Å²) in [6, 6.07) is 29.2. The first-order chi connectivity index (χ1) is 20.5. The van der Waals surface area contributed by atoms with E-state index in [0.717, 1.165) is 51.8 Å². The lowest BCUT2D eigenvalue weighted by Gasteiger charge is -2.28. The fraction of sp³-hybridized carbons (Fsp3) is 0.182. The van der Waals surface area contributed by atoms with E-state index >= 15 is 0 Å². The molecule has 2 fully saturated rings. The Bertz CT molecular complexity index is 1660. The largest absolute Gasteiger partial charge is 0.488 e. The number of para-hydroxylation sites is 1. The average molecular weight is 580 g/mol. The molecule has 0 aromatic heterocycles. The van der Waals surface area contributed by atoms with Gasteiger partial charge in [0, 0.05) is 30.0 Å². The van der Waals surface area contributed by atoms with Crippen molar-refractivity contribution in [2.45, 2.75) is 6.61 Å². The van der Waals surface area contributed by atoms with E-state index in [0.29, 0.717) is 36.8 Å². The number of nitrogens with one attached hydrogen (secondary N) is 1. The molecular formula is C33H29N3O5S. The number of hydrogen-bond acceptors (Lipinski definition) is 7. The first kappa shape index (κ1) is 27.6. The van der Waals surface area contributed by atoms with Crippen molar-refractivity contribution in [1.29, 1.82) is 0 Å². The predicted octanol–water partition coefficient (Wildman–Crippen LogP) is 5.93. The van der Waals surface area contributed by atoms with Crippen molar-refractivity contribution in [3.8, 4) is 5.75 Å². The van der Waals surface area contributed by atoms with Crippen LogP contribution in [0.3, 0.4) is 0 Å². The molecule has 0 aliphatic carbocycles. The highest BCUT2D eigenvalue weighted by Crippen LogP contribution is 2.34. The van der Waals surface area contributed by atoms with Crippen molar-refractivity contribution in [1.82, 2.24) is 4.90 Å². The standard InChI is InChI=1S/C33H29N3O5S/c37-31(34-27-11-13-28(14-12-27)35-15-17-40-18-16-35)21-36-32(38)30(42-33(36)39)20-26-7-3-4-8-29(26)41-22-23-9-10-24-5-1-2-6-25(24)19-23/h1-14,19-20H,15-18,21-22H2,(H,34,37)/b30-20-. The van der Waals surface area contributed by atoms with Crippen LogP contribution in [0.25, 0.3) is 16.8 Å². The van der Waals surface area contributed by atoms with Crippen molar-refractivity contribution in [3.05, 3.63) is 107 Å². The molecule has 0 spiro atoms. The number of benzene rings is 4. The van der Waals surface area contributed by atoms with E-state index in [4.69, 9.17) is 9.47 Å². The van der Waals surface area contributed by atoms with E-state index < -0.39 is 17.1 Å². The molecule has 2 saturated heterocycles. The number of carbonyl (C=O) groups excluding carboxylic acids is 3. The third-order valence-corrected chi connectivity index (χ3v) is 8.02. The quantitative estimate of drug-likeness (QED) is 0.259. The summed E-state index contributed by atoms with van der Waals surface area (Å²) in [5.41, 5.74) is 3.34. The number of ether oxygens (including phenoxy) is 2. The Morgan fingerprint density at radius 1 is 0.905 bits per heavy atom. The molecule has 4 aromatic rings. The lowest BCUT2D eigenvalue weighted by atomic mass is 10.1. The van der Waals surface area contributed by atoms with Crippen LogP contribution in [-0.2, 0) is 20.9 Å². The highest BCUT2D eigenvalue weighted by atomic mass is 32.2. The molecule has 0 saturated carbocycles. The van der Waals surface area contributed by atoms with Crippen LogP contribution in [0.2, 0.25) is 0 Å². The topological polar surface area (TPSA) is 88.2 Å². The molecule has 0 radical (unpaired) electrons. The highest BCUT2D eigenvalue weighted by molar-refractivity contribution is 8.18. The molecule has 42 heavy (non-hydrogen) atoms. The number of imide groups is 1. The summed E-state index contributed by atoms with van der Waals surface area (Å²) in [4.78, 5) is 42.0. The molecule has 0 atom stereocenters. The Morgan fingerprint density at radius 2 is 1.64 bits per heavy atom. The lowest BCUT2D eigenvalue weighted by molar-refractivity contribution is -0.127.